The number of nitrogens with zero attached hydrogens (tertiary/aromatic N) is 1. The third kappa shape index (κ3) is 7.27. The predicted molar refractivity (Wildman–Crippen MR) is 126 cm³/mol. The molecule has 3 rings (SSSR count). The van der Waals surface area contributed by atoms with Crippen molar-refractivity contribution in [3.63, 3.8) is 0 Å². The van der Waals surface area contributed by atoms with Gasteiger partial charge in [0.25, 0.3) is 0 Å². The van der Waals surface area contributed by atoms with Crippen LogP contribution in [0.1, 0.15) is 40.7 Å². The average molecular weight is 432 g/mol. The van der Waals surface area contributed by atoms with Gasteiger partial charge in [-0.3, -0.25) is 4.79 Å². The number of carbonyl (C=O) groups is 1. The lowest BCUT2D eigenvalue weighted by Gasteiger charge is -2.09. The van der Waals surface area contributed by atoms with Crippen LogP contribution in [0.25, 0.3) is 0 Å². The van der Waals surface area contributed by atoms with Gasteiger partial charge in [0.2, 0.25) is 0 Å². The Kier molecular flexibility index (Phi) is 8.44. The summed E-state index contributed by atoms with van der Waals surface area (Å²) in [6, 6.07) is 23.7. The molecule has 0 aliphatic heterocycles. The molecule has 0 heterocycles. The minimum absolute atomic E-state index is 0.00660. The molecule has 0 aliphatic carbocycles. The molecule has 0 saturated carbocycles. The van der Waals surface area contributed by atoms with Gasteiger partial charge in [0.15, 0.2) is 0 Å². The molecule has 0 atom stereocenters. The highest BCUT2D eigenvalue weighted by Crippen LogP contribution is 2.15. The lowest BCUT2D eigenvalue weighted by molar-refractivity contribution is -0.136. The maximum absolute atomic E-state index is 10.8. The van der Waals surface area contributed by atoms with Gasteiger partial charge >= 0.3 is 5.97 Å². The Labute approximate surface area is 189 Å². The van der Waals surface area contributed by atoms with Gasteiger partial charge in [-0.15, -0.1) is 0 Å². The fourth-order valence-electron chi connectivity index (χ4n) is 3.18. The highest BCUT2D eigenvalue weighted by atomic mass is 16.6. The lowest BCUT2D eigenvalue weighted by atomic mass is 10.0. The van der Waals surface area contributed by atoms with Gasteiger partial charge < -0.3 is 14.7 Å². The second kappa shape index (κ2) is 11.7. The van der Waals surface area contributed by atoms with E-state index in [1.807, 2.05) is 12.1 Å². The molecule has 0 aliphatic rings. The molecule has 0 spiro atoms. The Morgan fingerprint density at radius 2 is 1.44 bits per heavy atom. The van der Waals surface area contributed by atoms with Crippen molar-refractivity contribution in [3.05, 3.63) is 101 Å². The SMILES string of the molecule is Cc1ccc(C(=NOCCCCOc2cccc(CC(=O)O)c2)c2ccc(C)cc2)cc1. The molecule has 0 saturated heterocycles. The van der Waals surface area contributed by atoms with Crippen molar-refractivity contribution >= 4 is 11.7 Å². The summed E-state index contributed by atoms with van der Waals surface area (Å²) in [5.74, 6) is -0.167. The molecule has 3 aromatic rings. The Hall–Kier alpha value is -3.60. The first kappa shape index (κ1) is 23.1. The number of carboxylic acids is 1. The summed E-state index contributed by atoms with van der Waals surface area (Å²) in [6.07, 6.45) is 1.60. The van der Waals surface area contributed by atoms with Crippen LogP contribution in [0.3, 0.4) is 0 Å². The molecular formula is C27H29NO4. The van der Waals surface area contributed by atoms with E-state index in [2.05, 4.69) is 67.5 Å². The van der Waals surface area contributed by atoms with Gasteiger partial charge in [-0.05, 0) is 44.4 Å². The average Bonchev–Trinajstić information content (AvgIpc) is 2.77. The van der Waals surface area contributed by atoms with Gasteiger partial charge in [0, 0.05) is 11.1 Å². The minimum Gasteiger partial charge on any atom is -0.494 e. The third-order valence-electron chi connectivity index (χ3n) is 4.96. The summed E-state index contributed by atoms with van der Waals surface area (Å²) in [5, 5.41) is 13.3. The number of unbranched alkanes of at least 4 members (excludes halogenated alkanes) is 1. The number of hydrogen-bond donors (Lipinski definition) is 1. The summed E-state index contributed by atoms with van der Waals surface area (Å²) in [4.78, 5) is 16.5. The van der Waals surface area contributed by atoms with E-state index in [9.17, 15) is 4.79 Å². The number of oxime groups is 1. The molecule has 1 N–H and O–H groups in total. The number of aliphatic carboxylic acids is 1. The Morgan fingerprint density at radius 3 is 2.03 bits per heavy atom. The van der Waals surface area contributed by atoms with Crippen LogP contribution in [-0.4, -0.2) is 30.0 Å². The molecule has 0 amide bonds. The first-order chi connectivity index (χ1) is 15.5. The van der Waals surface area contributed by atoms with E-state index < -0.39 is 5.97 Å². The summed E-state index contributed by atoms with van der Waals surface area (Å²) < 4.78 is 5.73. The molecule has 0 bridgehead atoms. The number of carboxylic acid groups (broad SMARTS) is 1. The van der Waals surface area contributed by atoms with Gasteiger partial charge in [-0.1, -0.05) is 76.9 Å². The van der Waals surface area contributed by atoms with Crippen LogP contribution in [0.4, 0.5) is 0 Å². The van der Waals surface area contributed by atoms with E-state index >= 15 is 0 Å². The van der Waals surface area contributed by atoms with Crippen molar-refractivity contribution in [1.82, 2.24) is 0 Å². The van der Waals surface area contributed by atoms with Crippen molar-refractivity contribution < 1.29 is 19.5 Å². The zero-order chi connectivity index (χ0) is 22.8. The third-order valence-corrected chi connectivity index (χ3v) is 4.96. The van der Waals surface area contributed by atoms with Crippen LogP contribution in [0.5, 0.6) is 5.75 Å². The molecule has 5 heteroatoms. The quantitative estimate of drug-likeness (QED) is 0.245. The van der Waals surface area contributed by atoms with Crippen molar-refractivity contribution in [1.29, 1.82) is 0 Å². The molecule has 32 heavy (non-hydrogen) atoms. The summed E-state index contributed by atoms with van der Waals surface area (Å²) >= 11 is 0. The highest BCUT2D eigenvalue weighted by Gasteiger charge is 2.08. The van der Waals surface area contributed by atoms with E-state index in [0.717, 1.165) is 35.2 Å². The minimum atomic E-state index is -0.851. The fourth-order valence-corrected chi connectivity index (χ4v) is 3.18. The van der Waals surface area contributed by atoms with Gasteiger partial charge in [0.1, 0.15) is 18.1 Å². The number of aryl methyl sites for hydroxylation is 2. The summed E-state index contributed by atoms with van der Waals surface area (Å²) in [5.41, 5.74) is 5.98. The highest BCUT2D eigenvalue weighted by molar-refractivity contribution is 6.12. The van der Waals surface area contributed by atoms with Gasteiger partial charge in [-0.25, -0.2) is 0 Å². The number of benzene rings is 3. The molecule has 0 radical (unpaired) electrons. The second-order valence-corrected chi connectivity index (χ2v) is 7.78. The number of rotatable bonds is 11. The van der Waals surface area contributed by atoms with Crippen LogP contribution >= 0.6 is 0 Å². The van der Waals surface area contributed by atoms with Crippen molar-refractivity contribution in [2.24, 2.45) is 5.16 Å². The first-order valence-corrected chi connectivity index (χ1v) is 10.8. The van der Waals surface area contributed by atoms with Crippen LogP contribution in [0.2, 0.25) is 0 Å². The molecule has 3 aromatic carbocycles. The van der Waals surface area contributed by atoms with E-state index in [1.165, 1.54) is 11.1 Å². The van der Waals surface area contributed by atoms with Gasteiger partial charge in [-0.2, -0.15) is 0 Å². The second-order valence-electron chi connectivity index (χ2n) is 7.78. The Balaban J connectivity index is 1.51. The molecule has 0 fully saturated rings. The molecule has 0 unspecified atom stereocenters. The topological polar surface area (TPSA) is 68.1 Å². The standard InChI is InChI=1S/C27H29NO4/c1-20-8-12-23(13-9-20)27(24-14-10-21(2)11-15-24)28-32-17-4-3-16-31-25-7-5-6-22(18-25)19-26(29)30/h5-15,18H,3-4,16-17,19H2,1-2H3,(H,29,30). The van der Waals surface area contributed by atoms with E-state index in [0.29, 0.717) is 19.0 Å². The van der Waals surface area contributed by atoms with Crippen molar-refractivity contribution in [2.45, 2.75) is 33.1 Å². The van der Waals surface area contributed by atoms with E-state index in [1.54, 1.807) is 12.1 Å². The van der Waals surface area contributed by atoms with Gasteiger partial charge in [0.05, 0.1) is 13.0 Å². The largest absolute Gasteiger partial charge is 0.494 e. The van der Waals surface area contributed by atoms with Crippen molar-refractivity contribution in [3.8, 4) is 5.75 Å². The number of ether oxygens (including phenoxy) is 1. The smallest absolute Gasteiger partial charge is 0.307 e. The predicted octanol–water partition coefficient (Wildman–Crippen LogP) is 5.56. The van der Waals surface area contributed by atoms with Crippen LogP contribution in [0.15, 0.2) is 78.0 Å². The summed E-state index contributed by atoms with van der Waals surface area (Å²) in [6.45, 7) is 5.15. The maximum atomic E-state index is 10.8. The van der Waals surface area contributed by atoms with Crippen molar-refractivity contribution in [2.75, 3.05) is 13.2 Å². The molecule has 0 aromatic heterocycles. The van der Waals surface area contributed by atoms with E-state index in [4.69, 9.17) is 14.7 Å². The van der Waals surface area contributed by atoms with Crippen LogP contribution in [0, 0.1) is 13.8 Å². The maximum Gasteiger partial charge on any atom is 0.307 e. The molecule has 166 valence electrons. The summed E-state index contributed by atoms with van der Waals surface area (Å²) in [7, 11) is 0. The Morgan fingerprint density at radius 1 is 0.844 bits per heavy atom. The van der Waals surface area contributed by atoms with Crippen LogP contribution in [-0.2, 0) is 16.1 Å². The molecule has 5 nitrogen and oxygen atoms in total. The zero-order valence-corrected chi connectivity index (χ0v) is 18.6. The monoisotopic (exact) mass is 431 g/mol. The number of hydrogen-bond acceptors (Lipinski definition) is 4. The van der Waals surface area contributed by atoms with E-state index in [-0.39, 0.29) is 6.42 Å². The van der Waals surface area contributed by atoms with Crippen LogP contribution < -0.4 is 4.74 Å². The normalized spacial score (nSPS) is 10.4. The lowest BCUT2D eigenvalue weighted by Crippen LogP contribution is -2.06. The molecular weight excluding hydrogens is 402 g/mol. The fraction of sp³-hybridized carbons (Fsp3) is 0.259. The first-order valence-electron chi connectivity index (χ1n) is 10.8. The zero-order valence-electron chi connectivity index (χ0n) is 18.6. The Bertz CT molecular complexity index is 993.